The number of carbonyl (C=O) groups is 3. The Bertz CT molecular complexity index is 1070. The summed E-state index contributed by atoms with van der Waals surface area (Å²) >= 11 is 0. The van der Waals surface area contributed by atoms with Gasteiger partial charge >= 0.3 is 12.1 Å². The van der Waals surface area contributed by atoms with Gasteiger partial charge in [-0.25, -0.2) is 4.79 Å². The summed E-state index contributed by atoms with van der Waals surface area (Å²) in [5.41, 5.74) is 3.62. The van der Waals surface area contributed by atoms with Gasteiger partial charge in [-0.3, -0.25) is 9.59 Å². The van der Waals surface area contributed by atoms with Crippen LogP contribution in [0.2, 0.25) is 0 Å². The number of amides is 2. The molecular formula is C27H32N2O6. The van der Waals surface area contributed by atoms with Crippen molar-refractivity contribution >= 4 is 18.0 Å². The molecule has 8 nitrogen and oxygen atoms in total. The van der Waals surface area contributed by atoms with Gasteiger partial charge in [0.05, 0.1) is 17.9 Å². The molecule has 0 radical (unpaired) electrons. The molecule has 0 bridgehead atoms. The smallest absolute Gasteiger partial charge is 0.407 e. The zero-order valence-electron chi connectivity index (χ0n) is 20.3. The molecule has 1 aliphatic heterocycles. The van der Waals surface area contributed by atoms with Gasteiger partial charge in [0, 0.05) is 32.7 Å². The van der Waals surface area contributed by atoms with Gasteiger partial charge in [-0.15, -0.1) is 0 Å². The van der Waals surface area contributed by atoms with Crippen LogP contribution in [0.5, 0.6) is 0 Å². The summed E-state index contributed by atoms with van der Waals surface area (Å²) in [5, 5.41) is 12.2. The molecule has 4 rings (SSSR count). The lowest BCUT2D eigenvalue weighted by molar-refractivity contribution is -0.149. The summed E-state index contributed by atoms with van der Waals surface area (Å²) < 4.78 is 10.9. The van der Waals surface area contributed by atoms with Crippen LogP contribution in [0, 0.1) is 11.3 Å². The second-order valence-corrected chi connectivity index (χ2v) is 9.67. The maximum atomic E-state index is 12.8. The molecule has 2 aromatic rings. The summed E-state index contributed by atoms with van der Waals surface area (Å²) in [4.78, 5) is 38.4. The minimum absolute atomic E-state index is 0.0337. The normalized spacial score (nSPS) is 21.8. The van der Waals surface area contributed by atoms with E-state index < -0.39 is 23.6 Å². The average molecular weight is 481 g/mol. The molecule has 1 saturated heterocycles. The maximum absolute atomic E-state index is 12.8. The van der Waals surface area contributed by atoms with E-state index in [1.165, 1.54) is 7.11 Å². The first-order valence-electron chi connectivity index (χ1n) is 11.9. The fraction of sp³-hybridized carbons (Fsp3) is 0.444. The van der Waals surface area contributed by atoms with Crippen molar-refractivity contribution in [2.45, 2.75) is 32.3 Å². The van der Waals surface area contributed by atoms with Crippen LogP contribution in [0.4, 0.5) is 4.79 Å². The Hall–Kier alpha value is -3.39. The Kier molecular flexibility index (Phi) is 7.12. The number of carboxylic acid groups (broad SMARTS) is 1. The largest absolute Gasteiger partial charge is 0.481 e. The number of ether oxygens (including phenoxy) is 2. The van der Waals surface area contributed by atoms with Crippen LogP contribution in [0.1, 0.15) is 37.3 Å². The number of likely N-dealkylation sites (tertiary alicyclic amines) is 1. The third-order valence-corrected chi connectivity index (χ3v) is 7.50. The highest BCUT2D eigenvalue weighted by Gasteiger charge is 2.47. The topological polar surface area (TPSA) is 105 Å². The minimum Gasteiger partial charge on any atom is -0.481 e. The molecule has 2 N–H and O–H groups in total. The van der Waals surface area contributed by atoms with E-state index in [2.05, 4.69) is 29.6 Å². The van der Waals surface area contributed by atoms with E-state index in [-0.39, 0.29) is 43.9 Å². The first kappa shape index (κ1) is 24.7. The van der Waals surface area contributed by atoms with Crippen LogP contribution in [0.3, 0.4) is 0 Å². The SMILES string of the molecule is COC(CNC(=O)OCC1c2ccccc2-c2ccccc21)CC(=O)N1CC(C)C(C)(C(=O)O)C1. The highest BCUT2D eigenvalue weighted by molar-refractivity contribution is 5.81. The minimum atomic E-state index is -0.961. The molecule has 1 aliphatic carbocycles. The highest BCUT2D eigenvalue weighted by atomic mass is 16.5. The molecular weight excluding hydrogens is 448 g/mol. The van der Waals surface area contributed by atoms with Crippen LogP contribution >= 0.6 is 0 Å². The van der Waals surface area contributed by atoms with Crippen LogP contribution in [0.15, 0.2) is 48.5 Å². The molecule has 186 valence electrons. The molecule has 1 heterocycles. The molecule has 2 aromatic carbocycles. The van der Waals surface area contributed by atoms with E-state index in [0.717, 1.165) is 22.3 Å². The summed E-state index contributed by atoms with van der Waals surface area (Å²) in [5.74, 6) is -1.28. The Balaban J connectivity index is 1.28. The third kappa shape index (κ3) is 4.89. The third-order valence-electron chi connectivity index (χ3n) is 7.50. The van der Waals surface area contributed by atoms with Crippen molar-refractivity contribution in [3.05, 3.63) is 59.7 Å². The number of fused-ring (bicyclic) bond motifs is 3. The number of benzene rings is 2. The van der Waals surface area contributed by atoms with Gasteiger partial charge in [-0.05, 0) is 35.1 Å². The highest BCUT2D eigenvalue weighted by Crippen LogP contribution is 2.44. The van der Waals surface area contributed by atoms with Crippen molar-refractivity contribution in [2.75, 3.05) is 33.4 Å². The lowest BCUT2D eigenvalue weighted by Crippen LogP contribution is -2.40. The Morgan fingerprint density at radius 2 is 1.71 bits per heavy atom. The van der Waals surface area contributed by atoms with Crippen LogP contribution in [-0.2, 0) is 19.1 Å². The lowest BCUT2D eigenvalue weighted by Gasteiger charge is -2.23. The quantitative estimate of drug-likeness (QED) is 0.599. The van der Waals surface area contributed by atoms with Gasteiger partial charge in [0.1, 0.15) is 6.61 Å². The fourth-order valence-electron chi connectivity index (χ4n) is 5.03. The van der Waals surface area contributed by atoms with Gasteiger partial charge in [0.2, 0.25) is 5.91 Å². The number of aliphatic carboxylic acids is 1. The Labute approximate surface area is 205 Å². The van der Waals surface area contributed by atoms with Gasteiger partial charge in [0.15, 0.2) is 0 Å². The number of nitrogens with zero attached hydrogens (tertiary/aromatic N) is 1. The van der Waals surface area contributed by atoms with E-state index >= 15 is 0 Å². The molecule has 1 fully saturated rings. The number of carboxylic acids is 1. The van der Waals surface area contributed by atoms with Crippen LogP contribution in [-0.4, -0.2) is 67.4 Å². The zero-order valence-corrected chi connectivity index (χ0v) is 20.3. The van der Waals surface area contributed by atoms with Crippen molar-refractivity contribution in [3.63, 3.8) is 0 Å². The molecule has 0 spiro atoms. The molecule has 0 saturated carbocycles. The van der Waals surface area contributed by atoms with E-state index in [0.29, 0.717) is 6.54 Å². The second-order valence-electron chi connectivity index (χ2n) is 9.67. The monoisotopic (exact) mass is 480 g/mol. The molecule has 2 amide bonds. The summed E-state index contributed by atoms with van der Waals surface area (Å²) in [7, 11) is 1.48. The second kappa shape index (κ2) is 10.1. The fourth-order valence-corrected chi connectivity index (χ4v) is 5.03. The maximum Gasteiger partial charge on any atom is 0.407 e. The number of methoxy groups -OCH3 is 1. The molecule has 3 unspecified atom stereocenters. The van der Waals surface area contributed by atoms with Gasteiger partial charge in [0.25, 0.3) is 0 Å². The summed E-state index contributed by atoms with van der Waals surface area (Å²) in [6.07, 6.45) is -1.08. The molecule has 0 aromatic heterocycles. The number of rotatable bonds is 8. The van der Waals surface area contributed by atoms with E-state index in [1.807, 2.05) is 31.2 Å². The standard InChI is InChI=1S/C27H32N2O6/c1-17-14-29(16-27(17,2)25(31)32)24(30)12-18(34-3)13-28-26(33)35-15-23-21-10-6-4-8-19(21)20-9-5-7-11-22(20)23/h4-11,17-18,23H,12-16H2,1-3H3,(H,28,33)(H,31,32). The average Bonchev–Trinajstić information content (AvgIpc) is 3.35. The molecule has 35 heavy (non-hydrogen) atoms. The van der Waals surface area contributed by atoms with Crippen LogP contribution < -0.4 is 5.32 Å². The molecule has 3 atom stereocenters. The van der Waals surface area contributed by atoms with Crippen molar-refractivity contribution in [1.29, 1.82) is 0 Å². The lowest BCUT2D eigenvalue weighted by atomic mass is 9.81. The number of nitrogens with one attached hydrogen (secondary N) is 1. The van der Waals surface area contributed by atoms with Gasteiger partial charge in [-0.1, -0.05) is 55.5 Å². The first-order chi connectivity index (χ1) is 16.7. The van der Waals surface area contributed by atoms with Crippen molar-refractivity contribution in [2.24, 2.45) is 11.3 Å². The number of carbonyl (C=O) groups excluding carboxylic acids is 2. The van der Waals surface area contributed by atoms with E-state index in [9.17, 15) is 19.5 Å². The summed E-state index contributed by atoms with van der Waals surface area (Å²) in [6, 6.07) is 16.2. The summed E-state index contributed by atoms with van der Waals surface area (Å²) in [6.45, 7) is 4.37. The van der Waals surface area contributed by atoms with Gasteiger partial charge < -0.3 is 24.8 Å². The van der Waals surface area contributed by atoms with Gasteiger partial charge in [-0.2, -0.15) is 0 Å². The van der Waals surface area contributed by atoms with Crippen molar-refractivity contribution < 1.29 is 29.0 Å². The van der Waals surface area contributed by atoms with E-state index in [1.54, 1.807) is 11.8 Å². The van der Waals surface area contributed by atoms with Crippen LogP contribution in [0.25, 0.3) is 11.1 Å². The van der Waals surface area contributed by atoms with Crippen molar-refractivity contribution in [1.82, 2.24) is 10.2 Å². The van der Waals surface area contributed by atoms with Crippen molar-refractivity contribution in [3.8, 4) is 11.1 Å². The van der Waals surface area contributed by atoms with E-state index in [4.69, 9.17) is 9.47 Å². The Morgan fingerprint density at radius 1 is 1.11 bits per heavy atom. The predicted molar refractivity (Wildman–Crippen MR) is 130 cm³/mol. The molecule has 2 aliphatic rings. The zero-order chi connectivity index (χ0) is 25.2. The number of hydrogen-bond acceptors (Lipinski definition) is 5. The molecule has 8 heteroatoms. The number of alkyl carbamates (subject to hydrolysis) is 1. The Morgan fingerprint density at radius 3 is 2.26 bits per heavy atom. The number of hydrogen-bond donors (Lipinski definition) is 2. The first-order valence-corrected chi connectivity index (χ1v) is 11.9. The predicted octanol–water partition coefficient (Wildman–Crippen LogP) is 3.50.